The fourth-order valence-corrected chi connectivity index (χ4v) is 4.96. The maximum Gasteiger partial charge on any atom is 0.234 e. The molecule has 0 bridgehead atoms. The standard InChI is InChI=1S/C17H25N5OS/c1-11(2)9-21-10-13(7-8-14(21)23)16-20-22-15(12-5-3-4-6-12)18-19-17(22)24-16/h11-13H,3-10H2,1-2H3/t13-/m0/s1. The first-order valence-electron chi connectivity index (χ1n) is 9.11. The van der Waals surface area contributed by atoms with Gasteiger partial charge in [0, 0.05) is 31.3 Å². The summed E-state index contributed by atoms with van der Waals surface area (Å²) in [5.41, 5.74) is 0. The molecule has 4 rings (SSSR count). The maximum absolute atomic E-state index is 12.1. The lowest BCUT2D eigenvalue weighted by Crippen LogP contribution is -2.41. The van der Waals surface area contributed by atoms with E-state index in [1.165, 1.54) is 25.7 Å². The second kappa shape index (κ2) is 6.43. The normalized spacial score (nSPS) is 23.0. The molecule has 0 radical (unpaired) electrons. The van der Waals surface area contributed by atoms with Crippen molar-refractivity contribution in [2.75, 3.05) is 13.1 Å². The summed E-state index contributed by atoms with van der Waals surface area (Å²) in [5, 5.41) is 14.7. The molecule has 2 fully saturated rings. The van der Waals surface area contributed by atoms with Gasteiger partial charge < -0.3 is 4.90 Å². The topological polar surface area (TPSA) is 63.4 Å². The van der Waals surface area contributed by atoms with Crippen LogP contribution in [0.4, 0.5) is 0 Å². The minimum absolute atomic E-state index is 0.287. The second-order valence-corrected chi connectivity index (χ2v) is 8.59. The van der Waals surface area contributed by atoms with Crippen LogP contribution in [0.2, 0.25) is 0 Å². The quantitative estimate of drug-likeness (QED) is 0.852. The van der Waals surface area contributed by atoms with Gasteiger partial charge in [0.1, 0.15) is 5.01 Å². The van der Waals surface area contributed by atoms with Gasteiger partial charge in [-0.15, -0.1) is 10.2 Å². The summed E-state index contributed by atoms with van der Waals surface area (Å²) < 4.78 is 1.97. The lowest BCUT2D eigenvalue weighted by molar-refractivity contribution is -0.134. The molecule has 2 aliphatic rings. The Balaban J connectivity index is 1.56. The number of nitrogens with zero attached hydrogens (tertiary/aromatic N) is 5. The first-order valence-corrected chi connectivity index (χ1v) is 9.93. The lowest BCUT2D eigenvalue weighted by Gasteiger charge is -2.32. The zero-order chi connectivity index (χ0) is 16.7. The fourth-order valence-electron chi connectivity index (χ4n) is 3.98. The van der Waals surface area contributed by atoms with E-state index in [0.717, 1.165) is 35.3 Å². The van der Waals surface area contributed by atoms with Gasteiger partial charge in [0.2, 0.25) is 10.9 Å². The van der Waals surface area contributed by atoms with Crippen molar-refractivity contribution in [2.45, 2.75) is 64.2 Å². The third-order valence-electron chi connectivity index (χ3n) is 5.19. The molecule has 1 aliphatic carbocycles. The van der Waals surface area contributed by atoms with Crippen molar-refractivity contribution in [3.05, 3.63) is 10.8 Å². The molecule has 130 valence electrons. The molecule has 7 heteroatoms. The molecule has 0 N–H and O–H groups in total. The molecule has 0 unspecified atom stereocenters. The van der Waals surface area contributed by atoms with E-state index in [1.54, 1.807) is 11.3 Å². The number of rotatable bonds is 4. The van der Waals surface area contributed by atoms with Crippen molar-refractivity contribution in [2.24, 2.45) is 5.92 Å². The van der Waals surface area contributed by atoms with Crippen LogP contribution in [0.3, 0.4) is 0 Å². The van der Waals surface area contributed by atoms with Gasteiger partial charge in [-0.25, -0.2) is 0 Å². The Morgan fingerprint density at radius 1 is 1.17 bits per heavy atom. The first-order chi connectivity index (χ1) is 11.6. The molecular weight excluding hydrogens is 322 g/mol. The van der Waals surface area contributed by atoms with Gasteiger partial charge in [0.15, 0.2) is 5.82 Å². The highest BCUT2D eigenvalue weighted by Gasteiger charge is 2.31. The van der Waals surface area contributed by atoms with Crippen molar-refractivity contribution in [1.82, 2.24) is 24.7 Å². The number of aromatic nitrogens is 4. The van der Waals surface area contributed by atoms with Crippen molar-refractivity contribution < 1.29 is 4.79 Å². The summed E-state index contributed by atoms with van der Waals surface area (Å²) >= 11 is 1.65. The average molecular weight is 347 g/mol. The molecule has 6 nitrogen and oxygen atoms in total. The van der Waals surface area contributed by atoms with E-state index in [0.29, 0.717) is 24.2 Å². The van der Waals surface area contributed by atoms with Gasteiger partial charge in [0.25, 0.3) is 0 Å². The molecule has 24 heavy (non-hydrogen) atoms. The van der Waals surface area contributed by atoms with Crippen LogP contribution in [0, 0.1) is 5.92 Å². The Morgan fingerprint density at radius 2 is 1.96 bits per heavy atom. The summed E-state index contributed by atoms with van der Waals surface area (Å²) in [6, 6.07) is 0. The van der Waals surface area contributed by atoms with Gasteiger partial charge in [-0.05, 0) is 25.2 Å². The second-order valence-electron chi connectivity index (χ2n) is 7.60. The van der Waals surface area contributed by atoms with Crippen molar-refractivity contribution in [3.63, 3.8) is 0 Å². The number of hydrogen-bond donors (Lipinski definition) is 0. The summed E-state index contributed by atoms with van der Waals surface area (Å²) in [7, 11) is 0. The molecule has 2 aromatic heterocycles. The predicted octanol–water partition coefficient (Wildman–Crippen LogP) is 3.21. The Bertz CT molecular complexity index is 730. The van der Waals surface area contributed by atoms with E-state index < -0.39 is 0 Å². The summed E-state index contributed by atoms with van der Waals surface area (Å²) in [6.45, 7) is 5.95. The van der Waals surface area contributed by atoms with Crippen LogP contribution in [-0.4, -0.2) is 43.7 Å². The summed E-state index contributed by atoms with van der Waals surface area (Å²) in [4.78, 5) is 15.1. The molecular formula is C17H25N5OS. The van der Waals surface area contributed by atoms with E-state index in [9.17, 15) is 4.79 Å². The van der Waals surface area contributed by atoms with E-state index in [1.807, 2.05) is 9.42 Å². The average Bonchev–Trinajstić information content (AvgIpc) is 3.24. The highest BCUT2D eigenvalue weighted by Crippen LogP contribution is 2.35. The van der Waals surface area contributed by atoms with Gasteiger partial charge in [0.05, 0.1) is 0 Å². The van der Waals surface area contributed by atoms with Crippen LogP contribution in [0.5, 0.6) is 0 Å². The molecule has 1 atom stereocenters. The molecule has 2 aromatic rings. The number of likely N-dealkylation sites (tertiary alicyclic amines) is 1. The van der Waals surface area contributed by atoms with E-state index >= 15 is 0 Å². The zero-order valence-corrected chi connectivity index (χ0v) is 15.3. The van der Waals surface area contributed by atoms with E-state index in [4.69, 9.17) is 5.10 Å². The van der Waals surface area contributed by atoms with Crippen LogP contribution in [0.25, 0.3) is 4.96 Å². The van der Waals surface area contributed by atoms with E-state index in [2.05, 4.69) is 24.0 Å². The van der Waals surface area contributed by atoms with Crippen LogP contribution in [0.15, 0.2) is 0 Å². The highest BCUT2D eigenvalue weighted by atomic mass is 32.1. The molecule has 0 aromatic carbocycles. The number of piperidine rings is 1. The van der Waals surface area contributed by atoms with Crippen LogP contribution < -0.4 is 0 Å². The number of carbonyl (C=O) groups excluding carboxylic acids is 1. The van der Waals surface area contributed by atoms with Crippen molar-refractivity contribution >= 4 is 22.2 Å². The minimum Gasteiger partial charge on any atom is -0.342 e. The number of amides is 1. The fraction of sp³-hybridized carbons (Fsp3) is 0.765. The number of fused-ring (bicyclic) bond motifs is 1. The van der Waals surface area contributed by atoms with Crippen molar-refractivity contribution in [3.8, 4) is 0 Å². The van der Waals surface area contributed by atoms with Gasteiger partial charge >= 0.3 is 0 Å². The Morgan fingerprint density at radius 3 is 2.71 bits per heavy atom. The highest BCUT2D eigenvalue weighted by molar-refractivity contribution is 7.16. The monoisotopic (exact) mass is 347 g/mol. The molecule has 1 amide bonds. The van der Waals surface area contributed by atoms with Crippen LogP contribution >= 0.6 is 11.3 Å². The largest absolute Gasteiger partial charge is 0.342 e. The van der Waals surface area contributed by atoms with Crippen LogP contribution in [-0.2, 0) is 4.79 Å². The minimum atomic E-state index is 0.287. The first kappa shape index (κ1) is 16.0. The van der Waals surface area contributed by atoms with Gasteiger partial charge in [-0.2, -0.15) is 9.61 Å². The summed E-state index contributed by atoms with van der Waals surface area (Å²) in [6.07, 6.45) is 6.50. The van der Waals surface area contributed by atoms with Gasteiger partial charge in [-0.1, -0.05) is 38.0 Å². The predicted molar refractivity (Wildman–Crippen MR) is 93.3 cm³/mol. The van der Waals surface area contributed by atoms with Gasteiger partial charge in [-0.3, -0.25) is 4.79 Å². The zero-order valence-electron chi connectivity index (χ0n) is 14.4. The molecule has 3 heterocycles. The third-order valence-corrected chi connectivity index (χ3v) is 6.25. The smallest absolute Gasteiger partial charge is 0.234 e. The Kier molecular flexibility index (Phi) is 4.28. The molecule has 0 spiro atoms. The molecule has 1 saturated carbocycles. The van der Waals surface area contributed by atoms with Crippen molar-refractivity contribution in [1.29, 1.82) is 0 Å². The van der Waals surface area contributed by atoms with E-state index in [-0.39, 0.29) is 5.91 Å². The Hall–Kier alpha value is -1.50. The SMILES string of the molecule is CC(C)CN1C[C@@H](c2nn3c(C4CCCC4)nnc3s2)CCC1=O. The molecule has 1 aliphatic heterocycles. The summed E-state index contributed by atoms with van der Waals surface area (Å²) in [5.74, 6) is 2.68. The van der Waals surface area contributed by atoms with Crippen LogP contribution in [0.1, 0.15) is 75.0 Å². The number of carbonyl (C=O) groups is 1. The number of hydrogen-bond acceptors (Lipinski definition) is 5. The lowest BCUT2D eigenvalue weighted by atomic mass is 9.97. The maximum atomic E-state index is 12.1. The Labute approximate surface area is 146 Å². The third kappa shape index (κ3) is 2.94. The molecule has 1 saturated heterocycles.